The molecule has 2 aromatic heterocycles. The van der Waals surface area contributed by atoms with Crippen LogP contribution in [0.4, 0.5) is 25.8 Å². The molecule has 0 spiro atoms. The number of fused-ring (bicyclic) bond motifs is 1. The number of hydrogen-bond acceptors (Lipinski definition) is 6. The van der Waals surface area contributed by atoms with Gasteiger partial charge in [-0.2, -0.15) is 15.5 Å². The number of H-pyrrole nitrogens is 1. The van der Waals surface area contributed by atoms with Gasteiger partial charge in [0.2, 0.25) is 0 Å². The third-order valence-corrected chi connectivity index (χ3v) is 5.56. The highest BCUT2D eigenvalue weighted by molar-refractivity contribution is 5.86. The SMILES string of the molecule is N#Cc1ccc(Cn2nccc2-c2cc(F)c(N)c(N(N)c3cc4[nH]ncc4cc3F)c2)cc1. The van der Waals surface area contributed by atoms with Crippen molar-refractivity contribution >= 4 is 28.0 Å². The van der Waals surface area contributed by atoms with Crippen LogP contribution in [0, 0.1) is 23.0 Å². The number of nitriles is 1. The number of halogens is 2. The van der Waals surface area contributed by atoms with Crippen LogP contribution in [-0.2, 0) is 6.54 Å². The van der Waals surface area contributed by atoms with Gasteiger partial charge in [0.1, 0.15) is 11.6 Å². The van der Waals surface area contributed by atoms with Crippen molar-refractivity contribution in [2.45, 2.75) is 6.54 Å². The second-order valence-corrected chi connectivity index (χ2v) is 7.70. The van der Waals surface area contributed by atoms with Crippen LogP contribution in [0.15, 0.2) is 67.0 Å². The van der Waals surface area contributed by atoms with E-state index in [0.29, 0.717) is 34.3 Å². The van der Waals surface area contributed by atoms with Crippen LogP contribution in [0.2, 0.25) is 0 Å². The Balaban J connectivity index is 1.54. The molecule has 0 fully saturated rings. The van der Waals surface area contributed by atoms with Gasteiger partial charge in [0, 0.05) is 17.1 Å². The van der Waals surface area contributed by atoms with E-state index < -0.39 is 11.6 Å². The van der Waals surface area contributed by atoms with Crippen molar-refractivity contribution in [3.63, 3.8) is 0 Å². The van der Waals surface area contributed by atoms with Crippen molar-refractivity contribution in [2.75, 3.05) is 10.7 Å². The van der Waals surface area contributed by atoms with Crippen molar-refractivity contribution in [1.29, 1.82) is 5.26 Å². The molecular weight excluding hydrogens is 438 g/mol. The largest absolute Gasteiger partial charge is 0.395 e. The normalized spacial score (nSPS) is 11.0. The lowest BCUT2D eigenvalue weighted by molar-refractivity contribution is 0.625. The molecule has 10 heteroatoms. The Kier molecular flexibility index (Phi) is 5.16. The number of nitrogens with one attached hydrogen (secondary N) is 1. The number of nitrogen functional groups attached to an aromatic ring is 1. The molecule has 0 unspecified atom stereocenters. The van der Waals surface area contributed by atoms with Gasteiger partial charge in [-0.05, 0) is 48.0 Å². The Hall–Kier alpha value is -4.75. The lowest BCUT2D eigenvalue weighted by atomic mass is 10.1. The van der Waals surface area contributed by atoms with Crippen molar-refractivity contribution in [3.05, 3.63) is 89.8 Å². The Morgan fingerprint density at radius 2 is 1.82 bits per heavy atom. The average molecular weight is 456 g/mol. The molecule has 8 nitrogen and oxygen atoms in total. The number of anilines is 3. The predicted molar refractivity (Wildman–Crippen MR) is 125 cm³/mol. The zero-order valence-electron chi connectivity index (χ0n) is 17.7. The maximum Gasteiger partial charge on any atom is 0.149 e. The summed E-state index contributed by atoms with van der Waals surface area (Å²) in [4.78, 5) is 0. The molecule has 5 aromatic rings. The molecule has 5 N–H and O–H groups in total. The summed E-state index contributed by atoms with van der Waals surface area (Å²) in [5.41, 5.74) is 8.99. The summed E-state index contributed by atoms with van der Waals surface area (Å²) < 4.78 is 31.3. The van der Waals surface area contributed by atoms with Crippen LogP contribution in [0.1, 0.15) is 11.1 Å². The fraction of sp³-hybridized carbons (Fsp3) is 0.0417. The summed E-state index contributed by atoms with van der Waals surface area (Å²) in [6.45, 7) is 0.396. The van der Waals surface area contributed by atoms with Crippen molar-refractivity contribution < 1.29 is 8.78 Å². The van der Waals surface area contributed by atoms with Crippen molar-refractivity contribution in [1.82, 2.24) is 20.0 Å². The topological polar surface area (TPSA) is 126 Å². The zero-order valence-corrected chi connectivity index (χ0v) is 17.7. The molecule has 34 heavy (non-hydrogen) atoms. The van der Waals surface area contributed by atoms with E-state index in [2.05, 4.69) is 21.4 Å². The van der Waals surface area contributed by atoms with E-state index in [1.54, 1.807) is 35.1 Å². The molecule has 168 valence electrons. The number of aromatic nitrogens is 4. The minimum absolute atomic E-state index is 0.00564. The molecule has 3 aromatic carbocycles. The van der Waals surface area contributed by atoms with E-state index in [9.17, 15) is 8.78 Å². The van der Waals surface area contributed by atoms with Crippen molar-refractivity contribution in [3.8, 4) is 17.3 Å². The first kappa shape index (κ1) is 21.1. The summed E-state index contributed by atoms with van der Waals surface area (Å²) in [6, 6.07) is 16.5. The number of benzene rings is 3. The van der Waals surface area contributed by atoms with Crippen molar-refractivity contribution in [2.24, 2.45) is 5.84 Å². The lowest BCUT2D eigenvalue weighted by Crippen LogP contribution is -2.27. The standard InChI is InChI=1S/C24H18F2N8/c25-18-8-17-12-30-32-20(17)10-22(18)34(29)23-9-16(7-19(26)24(23)28)21-5-6-31-33(21)13-15-3-1-14(11-27)2-4-15/h1-10,12H,13,28-29H2,(H,30,32). The number of hydrogen-bond donors (Lipinski definition) is 3. The molecule has 0 radical (unpaired) electrons. The minimum Gasteiger partial charge on any atom is -0.395 e. The second kappa shape index (κ2) is 8.31. The van der Waals surface area contributed by atoms with Crippen LogP contribution in [0.3, 0.4) is 0 Å². The number of nitrogens with zero attached hydrogens (tertiary/aromatic N) is 5. The van der Waals surface area contributed by atoms with Gasteiger partial charge < -0.3 is 5.73 Å². The molecule has 0 bridgehead atoms. The van der Waals surface area contributed by atoms with Crippen LogP contribution in [0.25, 0.3) is 22.2 Å². The average Bonchev–Trinajstić information content (AvgIpc) is 3.49. The smallest absolute Gasteiger partial charge is 0.149 e. The fourth-order valence-electron chi connectivity index (χ4n) is 3.78. The predicted octanol–water partition coefficient (Wildman–Crippen LogP) is 4.22. The Bertz CT molecular complexity index is 1550. The summed E-state index contributed by atoms with van der Waals surface area (Å²) in [5.74, 6) is 4.92. The van der Waals surface area contributed by atoms with Crippen LogP contribution >= 0.6 is 0 Å². The molecule has 0 aliphatic heterocycles. The van der Waals surface area contributed by atoms with E-state index >= 15 is 0 Å². The van der Waals surface area contributed by atoms with E-state index in [4.69, 9.17) is 16.8 Å². The maximum absolute atomic E-state index is 14.9. The second-order valence-electron chi connectivity index (χ2n) is 7.70. The van der Waals surface area contributed by atoms with Gasteiger partial charge in [0.15, 0.2) is 0 Å². The van der Waals surface area contributed by atoms with E-state index in [-0.39, 0.29) is 17.1 Å². The molecular formula is C24H18F2N8. The molecule has 0 saturated heterocycles. The summed E-state index contributed by atoms with van der Waals surface area (Å²) >= 11 is 0. The monoisotopic (exact) mass is 456 g/mol. The highest BCUT2D eigenvalue weighted by Crippen LogP contribution is 2.36. The lowest BCUT2D eigenvalue weighted by Gasteiger charge is -2.22. The van der Waals surface area contributed by atoms with Crippen LogP contribution in [0.5, 0.6) is 0 Å². The summed E-state index contributed by atoms with van der Waals surface area (Å²) in [7, 11) is 0. The number of hydrazine groups is 1. The maximum atomic E-state index is 14.9. The summed E-state index contributed by atoms with van der Waals surface area (Å²) in [5, 5.41) is 21.6. The summed E-state index contributed by atoms with van der Waals surface area (Å²) in [6.07, 6.45) is 3.09. The van der Waals surface area contributed by atoms with Gasteiger partial charge in [-0.3, -0.25) is 14.8 Å². The molecule has 0 aliphatic carbocycles. The number of aromatic amines is 1. The first-order valence-corrected chi connectivity index (χ1v) is 10.2. The third-order valence-electron chi connectivity index (χ3n) is 5.56. The minimum atomic E-state index is -0.697. The molecule has 0 saturated carbocycles. The first-order chi connectivity index (χ1) is 16.4. The number of nitrogens with two attached hydrogens (primary N) is 2. The molecule has 5 rings (SSSR count). The third kappa shape index (κ3) is 3.70. The molecule has 0 aliphatic rings. The molecule has 0 atom stereocenters. The van der Waals surface area contributed by atoms with E-state index in [1.165, 1.54) is 24.4 Å². The molecule has 2 heterocycles. The van der Waals surface area contributed by atoms with E-state index in [0.717, 1.165) is 10.6 Å². The highest BCUT2D eigenvalue weighted by Gasteiger charge is 2.19. The Morgan fingerprint density at radius 1 is 1.03 bits per heavy atom. The van der Waals surface area contributed by atoms with Crippen LogP contribution in [-0.4, -0.2) is 20.0 Å². The number of rotatable bonds is 5. The zero-order chi connectivity index (χ0) is 23.8. The molecule has 0 amide bonds. The Morgan fingerprint density at radius 3 is 2.59 bits per heavy atom. The highest BCUT2D eigenvalue weighted by atomic mass is 19.1. The van der Waals surface area contributed by atoms with Gasteiger partial charge in [-0.25, -0.2) is 14.6 Å². The quantitative estimate of drug-likeness (QED) is 0.207. The van der Waals surface area contributed by atoms with Gasteiger partial charge >= 0.3 is 0 Å². The van der Waals surface area contributed by atoms with E-state index in [1.807, 2.05) is 12.1 Å². The first-order valence-electron chi connectivity index (χ1n) is 10.2. The van der Waals surface area contributed by atoms with Gasteiger partial charge in [-0.1, -0.05) is 12.1 Å². The van der Waals surface area contributed by atoms with Gasteiger partial charge in [0.25, 0.3) is 0 Å². The van der Waals surface area contributed by atoms with Crippen LogP contribution < -0.4 is 16.6 Å². The van der Waals surface area contributed by atoms with Gasteiger partial charge in [-0.15, -0.1) is 0 Å². The Labute approximate surface area is 192 Å². The van der Waals surface area contributed by atoms with Gasteiger partial charge in [0.05, 0.1) is 52.6 Å². The fourth-order valence-corrected chi connectivity index (χ4v) is 3.78.